The number of nitrogens with one attached hydrogen (secondary N) is 3. The van der Waals surface area contributed by atoms with Crippen molar-refractivity contribution in [3.63, 3.8) is 0 Å². The minimum absolute atomic E-state index is 0.0326. The number of hydrogen-bond acceptors (Lipinski definition) is 5. The summed E-state index contributed by atoms with van der Waals surface area (Å²) in [6, 6.07) is 7.89. The summed E-state index contributed by atoms with van der Waals surface area (Å²) in [7, 11) is 0. The molecule has 0 fully saturated rings. The summed E-state index contributed by atoms with van der Waals surface area (Å²) in [4.78, 5) is 56.0. The van der Waals surface area contributed by atoms with Gasteiger partial charge in [0.2, 0.25) is 17.6 Å². The minimum atomic E-state index is -4.52. The second kappa shape index (κ2) is 13.1. The van der Waals surface area contributed by atoms with Gasteiger partial charge in [-0.25, -0.2) is 13.8 Å². The summed E-state index contributed by atoms with van der Waals surface area (Å²) in [5, 5.41) is 7.15. The molecule has 0 aliphatic heterocycles. The highest BCUT2D eigenvalue weighted by molar-refractivity contribution is 6.04. The van der Waals surface area contributed by atoms with Crippen LogP contribution in [-0.2, 0) is 28.7 Å². The van der Waals surface area contributed by atoms with E-state index in [9.17, 15) is 41.1 Å². The monoisotopic (exact) mass is 630 g/mol. The van der Waals surface area contributed by atoms with Crippen molar-refractivity contribution in [1.29, 1.82) is 0 Å². The highest BCUT2D eigenvalue weighted by Gasteiger charge is 2.30. The molecule has 0 radical (unpaired) electrons. The Morgan fingerprint density at radius 3 is 2.36 bits per heavy atom. The average Bonchev–Trinajstić information content (AvgIpc) is 3.30. The molecule has 0 unspecified atom stereocenters. The SMILES string of the molecule is C=CC(=O)Nc1cc(C(=O)NCC(F)F)ccc1-c1c(CC)nc2n(CC(=O)Nc3ccc(C(F)(F)F)cc3)c(C)cn2c1=O. The zero-order valence-electron chi connectivity index (χ0n) is 24.0. The second-order valence-electron chi connectivity index (χ2n) is 9.80. The van der Waals surface area contributed by atoms with Gasteiger partial charge in [-0.3, -0.25) is 23.6 Å². The van der Waals surface area contributed by atoms with Crippen LogP contribution in [-0.4, -0.2) is 44.6 Å². The average molecular weight is 631 g/mol. The Hall–Kier alpha value is -5.34. The van der Waals surface area contributed by atoms with Gasteiger partial charge in [0, 0.05) is 34.4 Å². The largest absolute Gasteiger partial charge is 0.416 e. The number of carbonyl (C=O) groups is 3. The summed E-state index contributed by atoms with van der Waals surface area (Å²) < 4.78 is 66.5. The number of fused-ring (bicyclic) bond motifs is 1. The number of imidazole rings is 1. The molecule has 2 aromatic heterocycles. The zero-order chi connectivity index (χ0) is 33.1. The fourth-order valence-electron chi connectivity index (χ4n) is 4.56. The Kier molecular flexibility index (Phi) is 9.49. The molecule has 4 rings (SSSR count). The van der Waals surface area contributed by atoms with E-state index in [4.69, 9.17) is 0 Å². The summed E-state index contributed by atoms with van der Waals surface area (Å²) in [5.74, 6) is -1.95. The number of anilines is 2. The maximum absolute atomic E-state index is 13.9. The molecule has 0 saturated heterocycles. The number of alkyl halides is 5. The molecular formula is C30H27F5N6O4. The number of amides is 3. The fraction of sp³-hybridized carbons (Fsp3) is 0.233. The third-order valence-corrected chi connectivity index (χ3v) is 6.70. The van der Waals surface area contributed by atoms with E-state index in [0.717, 1.165) is 30.3 Å². The van der Waals surface area contributed by atoms with Gasteiger partial charge in [-0.05, 0) is 55.8 Å². The first-order valence-electron chi connectivity index (χ1n) is 13.5. The van der Waals surface area contributed by atoms with Crippen LogP contribution in [0.15, 0.2) is 66.1 Å². The van der Waals surface area contributed by atoms with Crippen LogP contribution in [0.1, 0.15) is 34.2 Å². The molecule has 2 heterocycles. The molecule has 15 heteroatoms. The molecule has 10 nitrogen and oxygen atoms in total. The third-order valence-electron chi connectivity index (χ3n) is 6.70. The molecule has 0 atom stereocenters. The van der Waals surface area contributed by atoms with Gasteiger partial charge in [0.1, 0.15) is 6.54 Å². The van der Waals surface area contributed by atoms with Crippen LogP contribution >= 0.6 is 0 Å². The number of aryl methyl sites for hydroxylation is 2. The Balaban J connectivity index is 1.73. The van der Waals surface area contributed by atoms with E-state index in [2.05, 4.69) is 27.5 Å². The lowest BCUT2D eigenvalue weighted by Crippen LogP contribution is -2.28. The van der Waals surface area contributed by atoms with Crippen LogP contribution in [0.25, 0.3) is 16.9 Å². The molecule has 0 spiro atoms. The molecule has 4 aromatic rings. The number of carbonyl (C=O) groups excluding carboxylic acids is 3. The summed E-state index contributed by atoms with van der Waals surface area (Å²) in [5.41, 5.74) is -0.271. The molecule has 2 aromatic carbocycles. The highest BCUT2D eigenvalue weighted by Crippen LogP contribution is 2.31. The van der Waals surface area contributed by atoms with Crippen LogP contribution in [0.2, 0.25) is 0 Å². The molecule has 3 amide bonds. The maximum atomic E-state index is 13.9. The first-order chi connectivity index (χ1) is 21.2. The predicted molar refractivity (Wildman–Crippen MR) is 156 cm³/mol. The highest BCUT2D eigenvalue weighted by atomic mass is 19.4. The third kappa shape index (κ3) is 7.25. The van der Waals surface area contributed by atoms with E-state index < -0.39 is 48.0 Å². The smallest absolute Gasteiger partial charge is 0.346 e. The van der Waals surface area contributed by atoms with Crippen molar-refractivity contribution >= 4 is 34.9 Å². The predicted octanol–water partition coefficient (Wildman–Crippen LogP) is 4.81. The van der Waals surface area contributed by atoms with Gasteiger partial charge >= 0.3 is 6.18 Å². The number of rotatable bonds is 10. The van der Waals surface area contributed by atoms with E-state index >= 15 is 0 Å². The first-order valence-corrected chi connectivity index (χ1v) is 13.5. The zero-order valence-corrected chi connectivity index (χ0v) is 24.0. The first kappa shape index (κ1) is 32.6. The van der Waals surface area contributed by atoms with E-state index in [-0.39, 0.29) is 52.5 Å². The lowest BCUT2D eigenvalue weighted by atomic mass is 9.99. The van der Waals surface area contributed by atoms with Gasteiger partial charge < -0.3 is 20.5 Å². The molecular weight excluding hydrogens is 603 g/mol. The topological polar surface area (TPSA) is 127 Å². The Bertz CT molecular complexity index is 1840. The van der Waals surface area contributed by atoms with E-state index in [1.807, 2.05) is 0 Å². The van der Waals surface area contributed by atoms with E-state index in [1.165, 1.54) is 33.4 Å². The number of aromatic nitrogens is 3. The Labute approximate surface area is 252 Å². The van der Waals surface area contributed by atoms with Crippen molar-refractivity contribution in [2.24, 2.45) is 0 Å². The lowest BCUT2D eigenvalue weighted by molar-refractivity contribution is -0.137. The van der Waals surface area contributed by atoms with Crippen molar-refractivity contribution in [2.75, 3.05) is 17.2 Å². The van der Waals surface area contributed by atoms with Crippen molar-refractivity contribution in [1.82, 2.24) is 19.3 Å². The number of benzene rings is 2. The molecule has 0 aliphatic carbocycles. The van der Waals surface area contributed by atoms with Gasteiger partial charge in [-0.15, -0.1) is 0 Å². The van der Waals surface area contributed by atoms with Gasteiger partial charge in [0.15, 0.2) is 0 Å². The van der Waals surface area contributed by atoms with Gasteiger partial charge in [-0.1, -0.05) is 19.6 Å². The van der Waals surface area contributed by atoms with Gasteiger partial charge in [0.25, 0.3) is 17.9 Å². The summed E-state index contributed by atoms with van der Waals surface area (Å²) in [6.45, 7) is 5.56. The van der Waals surface area contributed by atoms with Crippen molar-refractivity contribution in [2.45, 2.75) is 39.4 Å². The number of hydrogen-bond donors (Lipinski definition) is 3. The summed E-state index contributed by atoms with van der Waals surface area (Å²) in [6.07, 6.45) is -4.64. The molecule has 0 saturated carbocycles. The van der Waals surface area contributed by atoms with Crippen molar-refractivity contribution < 1.29 is 36.3 Å². The van der Waals surface area contributed by atoms with Crippen LogP contribution in [0.5, 0.6) is 0 Å². The standard InChI is InChI=1S/C30H27F5N6O4/c1-4-21-26(20-11-6-17(27(44)36-13-23(31)32)12-22(20)38-24(42)5-2)28(45)41-14-16(3)40(29(41)39-21)15-25(43)37-19-9-7-18(8-10-19)30(33,34)35/h5-12,14,23H,2,4,13,15H2,1,3H3,(H,36,44)(H,37,43)(H,38,42). The fourth-order valence-corrected chi connectivity index (χ4v) is 4.56. The Morgan fingerprint density at radius 2 is 1.76 bits per heavy atom. The maximum Gasteiger partial charge on any atom is 0.416 e. The Morgan fingerprint density at radius 1 is 1.07 bits per heavy atom. The van der Waals surface area contributed by atoms with E-state index in [0.29, 0.717) is 5.69 Å². The molecule has 3 N–H and O–H groups in total. The van der Waals surface area contributed by atoms with Gasteiger partial charge in [-0.2, -0.15) is 13.2 Å². The molecule has 236 valence electrons. The van der Waals surface area contributed by atoms with Gasteiger partial charge in [0.05, 0.1) is 23.4 Å². The van der Waals surface area contributed by atoms with E-state index in [1.54, 1.807) is 13.8 Å². The normalized spacial score (nSPS) is 11.5. The van der Waals surface area contributed by atoms with Crippen molar-refractivity contribution in [3.05, 3.63) is 94.2 Å². The number of nitrogens with zero attached hydrogens (tertiary/aromatic N) is 3. The lowest BCUT2D eigenvalue weighted by Gasteiger charge is -2.15. The van der Waals surface area contributed by atoms with Crippen LogP contribution in [0.4, 0.5) is 33.3 Å². The van der Waals surface area contributed by atoms with Crippen LogP contribution in [0.3, 0.4) is 0 Å². The molecule has 45 heavy (non-hydrogen) atoms. The van der Waals surface area contributed by atoms with Crippen LogP contribution < -0.4 is 21.5 Å². The molecule has 0 aliphatic rings. The summed E-state index contributed by atoms with van der Waals surface area (Å²) >= 11 is 0. The number of halogens is 5. The minimum Gasteiger partial charge on any atom is -0.346 e. The van der Waals surface area contributed by atoms with Crippen LogP contribution in [0, 0.1) is 6.92 Å². The molecule has 0 bridgehead atoms. The second-order valence-corrected chi connectivity index (χ2v) is 9.80. The quantitative estimate of drug-likeness (QED) is 0.171. The van der Waals surface area contributed by atoms with Crippen molar-refractivity contribution in [3.8, 4) is 11.1 Å².